The summed E-state index contributed by atoms with van der Waals surface area (Å²) < 4.78 is 10.4. The molecule has 2 heterocycles. The SMILES string of the molecule is CNc1nc(CCOCCOC)nc2sc(C)cc12. The average Bonchev–Trinajstić information content (AvgIpc) is 2.77. The number of hydrogen-bond donors (Lipinski definition) is 1. The highest BCUT2D eigenvalue weighted by atomic mass is 32.1. The standard InChI is InChI=1S/C13H19N3O2S/c1-9-8-10-12(14-2)15-11(16-13(10)19-9)4-5-18-7-6-17-3/h8H,4-7H2,1-3H3,(H,14,15,16). The first-order chi connectivity index (χ1) is 9.24. The molecule has 0 bridgehead atoms. The zero-order valence-corrected chi connectivity index (χ0v) is 12.3. The van der Waals surface area contributed by atoms with Crippen molar-refractivity contribution in [2.75, 3.05) is 39.3 Å². The Hall–Kier alpha value is -1.24. The van der Waals surface area contributed by atoms with Crippen molar-refractivity contribution in [3.8, 4) is 0 Å². The Balaban J connectivity index is 2.06. The second kappa shape index (κ2) is 6.79. The molecule has 2 aromatic rings. The number of anilines is 1. The van der Waals surface area contributed by atoms with Gasteiger partial charge in [0.25, 0.3) is 0 Å². The van der Waals surface area contributed by atoms with E-state index in [1.54, 1.807) is 18.4 Å². The minimum absolute atomic E-state index is 0.607. The molecule has 0 aromatic carbocycles. The number of nitrogens with zero attached hydrogens (tertiary/aromatic N) is 2. The largest absolute Gasteiger partial charge is 0.382 e. The molecule has 19 heavy (non-hydrogen) atoms. The maximum absolute atomic E-state index is 5.45. The van der Waals surface area contributed by atoms with Crippen molar-refractivity contribution in [1.82, 2.24) is 9.97 Å². The highest BCUT2D eigenvalue weighted by Crippen LogP contribution is 2.28. The number of methoxy groups -OCH3 is 1. The van der Waals surface area contributed by atoms with Crippen LogP contribution in [0.1, 0.15) is 10.7 Å². The van der Waals surface area contributed by atoms with Crippen LogP contribution in [0.2, 0.25) is 0 Å². The third kappa shape index (κ3) is 3.62. The van der Waals surface area contributed by atoms with E-state index in [9.17, 15) is 0 Å². The van der Waals surface area contributed by atoms with Crippen LogP contribution in [0, 0.1) is 6.92 Å². The Morgan fingerprint density at radius 1 is 1.26 bits per heavy atom. The van der Waals surface area contributed by atoms with Gasteiger partial charge in [-0.3, -0.25) is 0 Å². The van der Waals surface area contributed by atoms with Gasteiger partial charge in [0.2, 0.25) is 0 Å². The third-order valence-corrected chi connectivity index (χ3v) is 3.65. The Bertz CT molecular complexity index is 542. The average molecular weight is 281 g/mol. The lowest BCUT2D eigenvalue weighted by molar-refractivity contribution is 0.0717. The predicted octanol–water partition coefficient (Wildman–Crippen LogP) is 2.25. The molecule has 0 aliphatic rings. The summed E-state index contributed by atoms with van der Waals surface area (Å²) in [7, 11) is 3.55. The number of thiophene rings is 1. The van der Waals surface area contributed by atoms with Crippen LogP contribution in [-0.2, 0) is 15.9 Å². The Morgan fingerprint density at radius 2 is 2.11 bits per heavy atom. The van der Waals surface area contributed by atoms with E-state index in [-0.39, 0.29) is 0 Å². The molecular weight excluding hydrogens is 262 g/mol. The van der Waals surface area contributed by atoms with Crippen LogP contribution in [0.15, 0.2) is 6.07 Å². The number of aryl methyl sites for hydroxylation is 1. The van der Waals surface area contributed by atoms with Gasteiger partial charge in [0.15, 0.2) is 0 Å². The molecule has 6 heteroatoms. The second-order valence-electron chi connectivity index (χ2n) is 4.17. The minimum atomic E-state index is 0.607. The fraction of sp³-hybridized carbons (Fsp3) is 0.538. The second-order valence-corrected chi connectivity index (χ2v) is 5.40. The van der Waals surface area contributed by atoms with Gasteiger partial charge < -0.3 is 14.8 Å². The molecule has 2 rings (SSSR count). The molecule has 104 valence electrons. The van der Waals surface area contributed by atoms with Crippen LogP contribution in [-0.4, -0.2) is 43.9 Å². The molecule has 0 atom stereocenters. The number of hydrogen-bond acceptors (Lipinski definition) is 6. The van der Waals surface area contributed by atoms with Crippen molar-refractivity contribution in [2.45, 2.75) is 13.3 Å². The Labute approximate surface area is 117 Å². The van der Waals surface area contributed by atoms with E-state index in [2.05, 4.69) is 28.3 Å². The molecule has 5 nitrogen and oxygen atoms in total. The lowest BCUT2D eigenvalue weighted by atomic mass is 10.3. The number of rotatable bonds is 7. The molecule has 2 aromatic heterocycles. The summed E-state index contributed by atoms with van der Waals surface area (Å²) in [6.45, 7) is 3.92. The zero-order chi connectivity index (χ0) is 13.7. The molecule has 0 radical (unpaired) electrons. The van der Waals surface area contributed by atoms with E-state index in [0.29, 0.717) is 26.2 Å². The van der Waals surface area contributed by atoms with E-state index in [1.165, 1.54) is 4.88 Å². The summed E-state index contributed by atoms with van der Waals surface area (Å²) in [5.74, 6) is 1.71. The van der Waals surface area contributed by atoms with Gasteiger partial charge in [0.05, 0.1) is 25.2 Å². The third-order valence-electron chi connectivity index (χ3n) is 2.70. The normalized spacial score (nSPS) is 11.1. The maximum Gasteiger partial charge on any atom is 0.138 e. The van der Waals surface area contributed by atoms with Crippen molar-refractivity contribution in [3.05, 3.63) is 16.8 Å². The smallest absolute Gasteiger partial charge is 0.138 e. The quantitative estimate of drug-likeness (QED) is 0.789. The van der Waals surface area contributed by atoms with Gasteiger partial charge in [0.1, 0.15) is 16.5 Å². The fourth-order valence-corrected chi connectivity index (χ4v) is 2.69. The lowest BCUT2D eigenvalue weighted by Crippen LogP contribution is -2.08. The summed E-state index contributed by atoms with van der Waals surface area (Å²) in [5, 5.41) is 4.22. The van der Waals surface area contributed by atoms with Gasteiger partial charge >= 0.3 is 0 Å². The highest BCUT2D eigenvalue weighted by Gasteiger charge is 2.09. The predicted molar refractivity (Wildman–Crippen MR) is 78.1 cm³/mol. The van der Waals surface area contributed by atoms with Crippen LogP contribution >= 0.6 is 11.3 Å². The topological polar surface area (TPSA) is 56.3 Å². The van der Waals surface area contributed by atoms with Crippen molar-refractivity contribution in [1.29, 1.82) is 0 Å². The van der Waals surface area contributed by atoms with Crippen LogP contribution in [0.4, 0.5) is 5.82 Å². The molecular formula is C13H19N3O2S. The van der Waals surface area contributed by atoms with Crippen LogP contribution < -0.4 is 5.32 Å². The van der Waals surface area contributed by atoms with Crippen molar-refractivity contribution >= 4 is 27.4 Å². The lowest BCUT2D eigenvalue weighted by Gasteiger charge is -2.06. The van der Waals surface area contributed by atoms with E-state index < -0.39 is 0 Å². The zero-order valence-electron chi connectivity index (χ0n) is 11.5. The van der Waals surface area contributed by atoms with Gasteiger partial charge in [-0.05, 0) is 13.0 Å². The van der Waals surface area contributed by atoms with Gasteiger partial charge in [-0.1, -0.05) is 0 Å². The molecule has 0 fully saturated rings. The van der Waals surface area contributed by atoms with Crippen LogP contribution in [0.25, 0.3) is 10.2 Å². The van der Waals surface area contributed by atoms with E-state index in [0.717, 1.165) is 21.9 Å². The number of aromatic nitrogens is 2. The van der Waals surface area contributed by atoms with E-state index >= 15 is 0 Å². The monoisotopic (exact) mass is 281 g/mol. The van der Waals surface area contributed by atoms with E-state index in [4.69, 9.17) is 9.47 Å². The Kier molecular flexibility index (Phi) is 5.07. The molecule has 0 spiro atoms. The summed E-state index contributed by atoms with van der Waals surface area (Å²) in [4.78, 5) is 11.4. The first-order valence-electron chi connectivity index (χ1n) is 6.26. The van der Waals surface area contributed by atoms with Gasteiger partial charge in [-0.25, -0.2) is 9.97 Å². The minimum Gasteiger partial charge on any atom is -0.382 e. The van der Waals surface area contributed by atoms with Crippen LogP contribution in [0.3, 0.4) is 0 Å². The summed E-state index contributed by atoms with van der Waals surface area (Å²) in [6.07, 6.45) is 0.714. The van der Waals surface area contributed by atoms with E-state index in [1.807, 2.05) is 7.05 Å². The molecule has 0 aliphatic carbocycles. The summed E-state index contributed by atoms with van der Waals surface area (Å²) >= 11 is 1.69. The highest BCUT2D eigenvalue weighted by molar-refractivity contribution is 7.18. The first-order valence-corrected chi connectivity index (χ1v) is 7.07. The Morgan fingerprint density at radius 3 is 2.84 bits per heavy atom. The molecule has 0 unspecified atom stereocenters. The molecule has 0 saturated carbocycles. The van der Waals surface area contributed by atoms with Crippen molar-refractivity contribution < 1.29 is 9.47 Å². The number of fused-ring (bicyclic) bond motifs is 1. The summed E-state index contributed by atoms with van der Waals surface area (Å²) in [6, 6.07) is 2.12. The maximum atomic E-state index is 5.45. The summed E-state index contributed by atoms with van der Waals surface area (Å²) in [5.41, 5.74) is 0. The molecule has 1 N–H and O–H groups in total. The van der Waals surface area contributed by atoms with Crippen molar-refractivity contribution in [2.24, 2.45) is 0 Å². The van der Waals surface area contributed by atoms with Crippen molar-refractivity contribution in [3.63, 3.8) is 0 Å². The van der Waals surface area contributed by atoms with Crippen LogP contribution in [0.5, 0.6) is 0 Å². The van der Waals surface area contributed by atoms with Gasteiger partial charge in [0, 0.05) is 25.5 Å². The molecule has 0 saturated heterocycles. The first kappa shape index (κ1) is 14.2. The van der Waals surface area contributed by atoms with Gasteiger partial charge in [-0.15, -0.1) is 11.3 Å². The molecule has 0 aliphatic heterocycles. The molecule has 0 amide bonds. The number of ether oxygens (including phenoxy) is 2. The van der Waals surface area contributed by atoms with Gasteiger partial charge in [-0.2, -0.15) is 0 Å². The fourth-order valence-electron chi connectivity index (χ4n) is 1.80. The number of nitrogens with one attached hydrogen (secondary N) is 1.